The molecular weight excluding hydrogens is 424 g/mol. The summed E-state index contributed by atoms with van der Waals surface area (Å²) in [5, 5.41) is 9.15. The van der Waals surface area contributed by atoms with Crippen molar-refractivity contribution in [3.63, 3.8) is 0 Å². The molecule has 0 spiro atoms. The van der Waals surface area contributed by atoms with Crippen molar-refractivity contribution in [2.75, 3.05) is 34.6 Å². The lowest BCUT2D eigenvalue weighted by Gasteiger charge is -2.33. The summed E-state index contributed by atoms with van der Waals surface area (Å²) in [7, 11) is 1.65. The number of hydrogen-bond donors (Lipinski definition) is 3. The van der Waals surface area contributed by atoms with E-state index in [9.17, 15) is 9.59 Å². The second-order valence-corrected chi connectivity index (χ2v) is 8.38. The molecule has 0 saturated heterocycles. The number of benzene rings is 3. The van der Waals surface area contributed by atoms with Gasteiger partial charge in [-0.3, -0.25) is 9.59 Å². The van der Waals surface area contributed by atoms with E-state index in [2.05, 4.69) is 20.9 Å². The summed E-state index contributed by atoms with van der Waals surface area (Å²) in [5.74, 6) is 0.531. The van der Waals surface area contributed by atoms with Gasteiger partial charge in [-0.15, -0.1) is 0 Å². The summed E-state index contributed by atoms with van der Waals surface area (Å²) in [6.07, 6.45) is 0. The van der Waals surface area contributed by atoms with Crippen molar-refractivity contribution in [1.82, 2.24) is 0 Å². The molecule has 0 fully saturated rings. The van der Waals surface area contributed by atoms with Gasteiger partial charge >= 0.3 is 0 Å². The lowest BCUT2D eigenvalue weighted by Crippen LogP contribution is -2.27. The third-order valence-electron chi connectivity index (χ3n) is 4.90. The van der Waals surface area contributed by atoms with Gasteiger partial charge in [-0.2, -0.15) is 0 Å². The van der Waals surface area contributed by atoms with Crippen molar-refractivity contribution in [1.29, 1.82) is 0 Å². The number of fused-ring (bicyclic) bond motifs is 2. The fourth-order valence-corrected chi connectivity index (χ4v) is 4.75. The zero-order valence-corrected chi connectivity index (χ0v) is 18.9. The van der Waals surface area contributed by atoms with Gasteiger partial charge in [0.15, 0.2) is 0 Å². The van der Waals surface area contributed by atoms with Crippen LogP contribution in [0.15, 0.2) is 70.5 Å². The maximum atomic E-state index is 11.5. The van der Waals surface area contributed by atoms with E-state index in [0.29, 0.717) is 6.67 Å². The molecule has 32 heavy (non-hydrogen) atoms. The highest BCUT2D eigenvalue weighted by Crippen LogP contribution is 2.49. The highest BCUT2D eigenvalue weighted by atomic mass is 32.2. The zero-order valence-electron chi connectivity index (χ0n) is 18.1. The van der Waals surface area contributed by atoms with Crippen molar-refractivity contribution in [3.8, 4) is 5.75 Å². The Morgan fingerprint density at radius 3 is 1.97 bits per heavy atom. The summed E-state index contributed by atoms with van der Waals surface area (Å²) in [4.78, 5) is 27.2. The van der Waals surface area contributed by atoms with Crippen molar-refractivity contribution in [3.05, 3.63) is 60.7 Å². The smallest absolute Gasteiger partial charge is 0.221 e. The Labute approximate surface area is 191 Å². The molecule has 7 nitrogen and oxygen atoms in total. The number of ether oxygens (including phenoxy) is 1. The van der Waals surface area contributed by atoms with E-state index in [1.54, 1.807) is 18.9 Å². The van der Waals surface area contributed by atoms with Crippen LogP contribution < -0.4 is 25.6 Å². The van der Waals surface area contributed by atoms with E-state index in [0.717, 1.165) is 44.0 Å². The fourth-order valence-electron chi connectivity index (χ4n) is 3.57. The van der Waals surface area contributed by atoms with Crippen LogP contribution in [0.5, 0.6) is 5.75 Å². The molecule has 0 aliphatic carbocycles. The molecule has 1 aliphatic heterocycles. The van der Waals surface area contributed by atoms with E-state index >= 15 is 0 Å². The minimum Gasteiger partial charge on any atom is -0.495 e. The Morgan fingerprint density at radius 1 is 0.875 bits per heavy atom. The van der Waals surface area contributed by atoms with Gasteiger partial charge in [0.25, 0.3) is 0 Å². The normalized spacial score (nSPS) is 11.8. The molecule has 0 radical (unpaired) electrons. The molecule has 1 heterocycles. The van der Waals surface area contributed by atoms with E-state index in [1.165, 1.54) is 13.8 Å². The lowest BCUT2D eigenvalue weighted by molar-refractivity contribution is -0.115. The first-order valence-corrected chi connectivity index (χ1v) is 10.9. The van der Waals surface area contributed by atoms with Crippen LogP contribution in [0, 0.1) is 0 Å². The third kappa shape index (κ3) is 4.65. The molecule has 3 aromatic rings. The first kappa shape index (κ1) is 21.6. The molecule has 0 unspecified atom stereocenters. The number of hydrogen-bond acceptors (Lipinski definition) is 6. The number of nitrogens with zero attached hydrogens (tertiary/aromatic N) is 1. The third-order valence-corrected chi connectivity index (χ3v) is 5.99. The summed E-state index contributed by atoms with van der Waals surface area (Å²) in [5.41, 5.74) is 4.41. The van der Waals surface area contributed by atoms with E-state index in [1.807, 2.05) is 60.7 Å². The second kappa shape index (κ2) is 9.23. The molecule has 8 heteroatoms. The predicted octanol–water partition coefficient (Wildman–Crippen LogP) is 5.28. The number of carbonyl (C=O) groups excluding carboxylic acids is 2. The van der Waals surface area contributed by atoms with Crippen LogP contribution in [0.4, 0.5) is 28.4 Å². The Balaban J connectivity index is 1.71. The number of rotatable bonds is 6. The highest BCUT2D eigenvalue weighted by molar-refractivity contribution is 7.99. The van der Waals surface area contributed by atoms with Crippen molar-refractivity contribution < 1.29 is 14.3 Å². The Kier molecular flexibility index (Phi) is 6.23. The van der Waals surface area contributed by atoms with Gasteiger partial charge in [0.1, 0.15) is 5.75 Å². The number of methoxy groups -OCH3 is 1. The van der Waals surface area contributed by atoms with Gasteiger partial charge in [-0.1, -0.05) is 23.9 Å². The van der Waals surface area contributed by atoms with Crippen LogP contribution in [-0.4, -0.2) is 25.6 Å². The number of amides is 2. The maximum absolute atomic E-state index is 11.5. The number of nitrogens with one attached hydrogen (secondary N) is 3. The molecule has 3 aromatic carbocycles. The van der Waals surface area contributed by atoms with Crippen LogP contribution in [-0.2, 0) is 9.59 Å². The van der Waals surface area contributed by atoms with Crippen molar-refractivity contribution in [2.24, 2.45) is 0 Å². The van der Waals surface area contributed by atoms with Crippen LogP contribution in [0.2, 0.25) is 0 Å². The molecule has 0 aromatic heterocycles. The quantitative estimate of drug-likeness (QED) is 0.476. The maximum Gasteiger partial charge on any atom is 0.221 e. The van der Waals surface area contributed by atoms with Gasteiger partial charge < -0.3 is 25.6 Å². The Bertz CT molecular complexity index is 1120. The Hall–Kier alpha value is -3.65. The molecule has 0 saturated carbocycles. The summed E-state index contributed by atoms with van der Waals surface area (Å²) in [6.45, 7) is 3.48. The van der Waals surface area contributed by atoms with E-state index < -0.39 is 0 Å². The second-order valence-electron chi connectivity index (χ2n) is 7.29. The van der Waals surface area contributed by atoms with Gasteiger partial charge in [0.05, 0.1) is 30.8 Å². The number of anilines is 5. The monoisotopic (exact) mass is 448 g/mol. The summed E-state index contributed by atoms with van der Waals surface area (Å²) >= 11 is 1.60. The standard InChI is InChI=1S/C24H24N4O3S/c1-15(29)26-17-8-10-20-23(12-17)32-24-13-18(27-16(2)30)9-11-21(24)28(20)14-25-19-6-4-5-7-22(19)31-3/h4-13,25H,14H2,1-3H3,(H,26,29)(H,27,30). The molecular formula is C24H24N4O3S. The van der Waals surface area contributed by atoms with Crippen LogP contribution in [0.3, 0.4) is 0 Å². The molecule has 0 atom stereocenters. The average molecular weight is 449 g/mol. The van der Waals surface area contributed by atoms with Crippen molar-refractivity contribution >= 4 is 52.0 Å². The molecule has 2 amide bonds. The molecule has 3 N–H and O–H groups in total. The molecule has 0 bridgehead atoms. The first-order valence-electron chi connectivity index (χ1n) is 10.1. The number of carbonyl (C=O) groups is 2. The van der Waals surface area contributed by atoms with E-state index in [-0.39, 0.29) is 11.8 Å². The zero-order chi connectivity index (χ0) is 22.7. The van der Waals surface area contributed by atoms with Crippen LogP contribution >= 0.6 is 11.8 Å². The first-order chi connectivity index (χ1) is 15.4. The summed E-state index contributed by atoms with van der Waals surface area (Å²) < 4.78 is 5.46. The fraction of sp³-hybridized carbons (Fsp3) is 0.167. The largest absolute Gasteiger partial charge is 0.495 e. The average Bonchev–Trinajstić information content (AvgIpc) is 2.75. The van der Waals surface area contributed by atoms with Crippen LogP contribution in [0.1, 0.15) is 13.8 Å². The highest BCUT2D eigenvalue weighted by Gasteiger charge is 2.24. The minimum atomic E-state index is -0.117. The predicted molar refractivity (Wildman–Crippen MR) is 129 cm³/mol. The van der Waals surface area contributed by atoms with Crippen LogP contribution in [0.25, 0.3) is 0 Å². The summed E-state index contributed by atoms with van der Waals surface area (Å²) in [6, 6.07) is 19.5. The molecule has 4 rings (SSSR count). The minimum absolute atomic E-state index is 0.117. The lowest BCUT2D eigenvalue weighted by atomic mass is 10.2. The van der Waals surface area contributed by atoms with Gasteiger partial charge in [0.2, 0.25) is 11.8 Å². The Morgan fingerprint density at radius 2 is 1.44 bits per heavy atom. The molecule has 1 aliphatic rings. The topological polar surface area (TPSA) is 82.7 Å². The van der Waals surface area contributed by atoms with Gasteiger partial charge in [-0.05, 0) is 48.5 Å². The SMILES string of the molecule is COc1ccccc1NCN1c2ccc(NC(C)=O)cc2Sc2cc(NC(C)=O)ccc21. The van der Waals surface area contributed by atoms with Crippen molar-refractivity contribution in [2.45, 2.75) is 23.6 Å². The van der Waals surface area contributed by atoms with E-state index in [4.69, 9.17) is 4.74 Å². The van der Waals surface area contributed by atoms with Gasteiger partial charge in [0, 0.05) is 35.0 Å². The number of para-hydroxylation sites is 2. The molecule has 164 valence electrons. The van der Waals surface area contributed by atoms with Gasteiger partial charge in [-0.25, -0.2) is 0 Å².